The largest absolute Gasteiger partial charge is 0.399 e. The number of hydrogen-bond acceptors (Lipinski definition) is 2. The lowest BCUT2D eigenvalue weighted by atomic mass is 10.2. The van der Waals surface area contributed by atoms with Crippen LogP contribution in [0.25, 0.3) is 0 Å². The average Bonchev–Trinajstić information content (AvgIpc) is 3.21. The van der Waals surface area contributed by atoms with Crippen LogP contribution in [0.5, 0.6) is 0 Å². The van der Waals surface area contributed by atoms with Crippen LogP contribution in [0.4, 0.5) is 11.4 Å². The third kappa shape index (κ3) is 2.48. The highest BCUT2D eigenvalue weighted by molar-refractivity contribution is 5.57. The van der Waals surface area contributed by atoms with E-state index < -0.39 is 0 Å². The Bertz CT molecular complexity index is 518. The molecule has 0 amide bonds. The van der Waals surface area contributed by atoms with Crippen molar-refractivity contribution in [2.75, 3.05) is 10.6 Å². The van der Waals surface area contributed by atoms with Crippen molar-refractivity contribution in [3.8, 4) is 0 Å². The summed E-state index contributed by atoms with van der Waals surface area (Å²) in [6.07, 6.45) is 2.59. The molecule has 2 heteroatoms. The minimum absolute atomic E-state index is 0.687. The first-order valence-corrected chi connectivity index (χ1v) is 6.49. The molecule has 1 fully saturated rings. The van der Waals surface area contributed by atoms with Gasteiger partial charge in [0, 0.05) is 24.0 Å². The number of rotatable bonds is 4. The van der Waals surface area contributed by atoms with Gasteiger partial charge in [0.05, 0.1) is 0 Å². The zero-order valence-corrected chi connectivity index (χ0v) is 10.4. The van der Waals surface area contributed by atoms with E-state index in [0.29, 0.717) is 6.04 Å². The summed E-state index contributed by atoms with van der Waals surface area (Å²) in [5.74, 6) is 0. The lowest BCUT2D eigenvalue weighted by Gasteiger charge is -2.25. The standard InChI is InChI=1S/C16H18N2/c17-14-7-4-8-16(11-14)18(15-9-10-15)12-13-5-2-1-3-6-13/h1-8,11,15H,9-10,12,17H2. The first-order chi connectivity index (χ1) is 8.83. The maximum absolute atomic E-state index is 5.88. The van der Waals surface area contributed by atoms with Gasteiger partial charge in [0.25, 0.3) is 0 Å². The smallest absolute Gasteiger partial charge is 0.0432 e. The van der Waals surface area contributed by atoms with Gasteiger partial charge in [0.2, 0.25) is 0 Å². The van der Waals surface area contributed by atoms with Crippen LogP contribution in [0.1, 0.15) is 18.4 Å². The number of nitrogen functional groups attached to an aromatic ring is 1. The summed E-state index contributed by atoms with van der Waals surface area (Å²) in [7, 11) is 0. The fraction of sp³-hybridized carbons (Fsp3) is 0.250. The minimum atomic E-state index is 0.687. The van der Waals surface area contributed by atoms with Crippen LogP contribution in [0.2, 0.25) is 0 Å². The molecule has 1 aliphatic rings. The molecule has 0 saturated heterocycles. The van der Waals surface area contributed by atoms with E-state index in [4.69, 9.17) is 5.73 Å². The van der Waals surface area contributed by atoms with Crippen LogP contribution in [0.15, 0.2) is 54.6 Å². The van der Waals surface area contributed by atoms with Gasteiger partial charge < -0.3 is 10.6 Å². The predicted molar refractivity (Wildman–Crippen MR) is 76.5 cm³/mol. The second-order valence-corrected chi connectivity index (χ2v) is 4.94. The molecule has 0 aromatic heterocycles. The quantitative estimate of drug-likeness (QED) is 0.827. The van der Waals surface area contributed by atoms with Crippen LogP contribution in [-0.4, -0.2) is 6.04 Å². The Morgan fingerprint density at radius 2 is 1.78 bits per heavy atom. The molecule has 0 heterocycles. The Morgan fingerprint density at radius 1 is 1.00 bits per heavy atom. The van der Waals surface area contributed by atoms with E-state index in [-0.39, 0.29) is 0 Å². The van der Waals surface area contributed by atoms with Crippen molar-refractivity contribution in [2.24, 2.45) is 0 Å². The van der Waals surface area contributed by atoms with E-state index in [2.05, 4.69) is 47.4 Å². The normalized spacial score (nSPS) is 14.4. The minimum Gasteiger partial charge on any atom is -0.399 e. The third-order valence-corrected chi connectivity index (χ3v) is 3.39. The molecule has 0 aliphatic heterocycles. The van der Waals surface area contributed by atoms with Crippen LogP contribution in [-0.2, 0) is 6.54 Å². The summed E-state index contributed by atoms with van der Waals surface area (Å²) in [4.78, 5) is 2.46. The number of benzene rings is 2. The summed E-state index contributed by atoms with van der Waals surface area (Å²) in [5, 5.41) is 0. The molecule has 0 bridgehead atoms. The van der Waals surface area contributed by atoms with Crippen molar-refractivity contribution in [1.82, 2.24) is 0 Å². The molecule has 2 aromatic rings. The predicted octanol–water partition coefficient (Wildman–Crippen LogP) is 3.44. The maximum Gasteiger partial charge on any atom is 0.0432 e. The van der Waals surface area contributed by atoms with Gasteiger partial charge in [-0.15, -0.1) is 0 Å². The van der Waals surface area contributed by atoms with Crippen LogP contribution in [0, 0.1) is 0 Å². The highest BCUT2D eigenvalue weighted by Gasteiger charge is 2.29. The monoisotopic (exact) mass is 238 g/mol. The first-order valence-electron chi connectivity index (χ1n) is 6.49. The molecule has 3 rings (SSSR count). The van der Waals surface area contributed by atoms with Gasteiger partial charge in [-0.2, -0.15) is 0 Å². The van der Waals surface area contributed by atoms with E-state index in [1.165, 1.54) is 24.1 Å². The zero-order chi connectivity index (χ0) is 12.4. The van der Waals surface area contributed by atoms with E-state index in [1.807, 2.05) is 12.1 Å². The van der Waals surface area contributed by atoms with Crippen molar-refractivity contribution in [3.63, 3.8) is 0 Å². The molecule has 0 spiro atoms. The van der Waals surface area contributed by atoms with Crippen LogP contribution < -0.4 is 10.6 Å². The Hall–Kier alpha value is -1.96. The van der Waals surface area contributed by atoms with Gasteiger partial charge in [-0.25, -0.2) is 0 Å². The topological polar surface area (TPSA) is 29.3 Å². The fourth-order valence-electron chi connectivity index (χ4n) is 2.30. The molecular formula is C16H18N2. The summed E-state index contributed by atoms with van der Waals surface area (Å²) < 4.78 is 0. The summed E-state index contributed by atoms with van der Waals surface area (Å²) >= 11 is 0. The molecule has 2 N–H and O–H groups in total. The lowest BCUT2D eigenvalue weighted by molar-refractivity contribution is 0.795. The molecule has 1 aliphatic carbocycles. The van der Waals surface area contributed by atoms with Crippen molar-refractivity contribution in [2.45, 2.75) is 25.4 Å². The van der Waals surface area contributed by atoms with Crippen molar-refractivity contribution >= 4 is 11.4 Å². The van der Waals surface area contributed by atoms with E-state index >= 15 is 0 Å². The maximum atomic E-state index is 5.88. The van der Waals surface area contributed by atoms with Gasteiger partial charge in [0.15, 0.2) is 0 Å². The van der Waals surface area contributed by atoms with Gasteiger partial charge in [-0.05, 0) is 36.6 Å². The number of anilines is 2. The van der Waals surface area contributed by atoms with Crippen molar-refractivity contribution in [1.29, 1.82) is 0 Å². The molecule has 2 nitrogen and oxygen atoms in total. The van der Waals surface area contributed by atoms with Gasteiger partial charge in [-0.3, -0.25) is 0 Å². The van der Waals surface area contributed by atoms with Gasteiger partial charge in [0.1, 0.15) is 0 Å². The molecule has 0 radical (unpaired) electrons. The summed E-state index contributed by atoms with van der Waals surface area (Å²) in [6, 6.07) is 19.5. The second kappa shape index (κ2) is 4.73. The van der Waals surface area contributed by atoms with E-state index in [9.17, 15) is 0 Å². The molecule has 18 heavy (non-hydrogen) atoms. The fourth-order valence-corrected chi connectivity index (χ4v) is 2.30. The summed E-state index contributed by atoms with van der Waals surface area (Å²) in [5.41, 5.74) is 9.31. The Balaban J connectivity index is 1.85. The number of nitrogens with two attached hydrogens (primary N) is 1. The first kappa shape index (κ1) is 11.1. The highest BCUT2D eigenvalue weighted by Crippen LogP contribution is 2.33. The molecule has 2 aromatic carbocycles. The molecule has 0 atom stereocenters. The summed E-state index contributed by atoms with van der Waals surface area (Å²) in [6.45, 7) is 0.967. The Kier molecular flexibility index (Phi) is 2.93. The second-order valence-electron chi connectivity index (χ2n) is 4.94. The van der Waals surface area contributed by atoms with Gasteiger partial charge >= 0.3 is 0 Å². The van der Waals surface area contributed by atoms with Crippen LogP contribution in [0.3, 0.4) is 0 Å². The SMILES string of the molecule is Nc1cccc(N(Cc2ccccc2)C2CC2)c1. The molecular weight excluding hydrogens is 220 g/mol. The third-order valence-electron chi connectivity index (χ3n) is 3.39. The average molecular weight is 238 g/mol. The zero-order valence-electron chi connectivity index (χ0n) is 10.4. The highest BCUT2D eigenvalue weighted by atomic mass is 15.2. The van der Waals surface area contributed by atoms with Crippen LogP contribution >= 0.6 is 0 Å². The number of hydrogen-bond donors (Lipinski definition) is 1. The van der Waals surface area contributed by atoms with E-state index in [0.717, 1.165) is 12.2 Å². The van der Waals surface area contributed by atoms with Crippen molar-refractivity contribution in [3.05, 3.63) is 60.2 Å². The van der Waals surface area contributed by atoms with Gasteiger partial charge in [-0.1, -0.05) is 36.4 Å². The Morgan fingerprint density at radius 3 is 2.44 bits per heavy atom. The lowest BCUT2D eigenvalue weighted by Crippen LogP contribution is -2.24. The number of nitrogens with zero attached hydrogens (tertiary/aromatic N) is 1. The van der Waals surface area contributed by atoms with E-state index in [1.54, 1.807) is 0 Å². The molecule has 1 saturated carbocycles. The molecule has 0 unspecified atom stereocenters. The van der Waals surface area contributed by atoms with Crippen molar-refractivity contribution < 1.29 is 0 Å². The Labute approximate surface area is 108 Å². The molecule has 92 valence electrons.